The van der Waals surface area contributed by atoms with Crippen LogP contribution in [0.1, 0.15) is 12.8 Å². The number of hydrogen-bond donors (Lipinski definition) is 0. The van der Waals surface area contributed by atoms with Crippen molar-refractivity contribution in [2.75, 3.05) is 26.5 Å². The van der Waals surface area contributed by atoms with Crippen LogP contribution in [-0.2, 0) is 21.9 Å². The summed E-state index contributed by atoms with van der Waals surface area (Å²) in [4.78, 5) is 19.0. The van der Waals surface area contributed by atoms with Gasteiger partial charge in [-0.25, -0.2) is 8.42 Å². The van der Waals surface area contributed by atoms with E-state index in [0.29, 0.717) is 35.6 Å². The van der Waals surface area contributed by atoms with E-state index in [1.54, 1.807) is 19.2 Å². The number of thioether (sulfide) groups is 1. The van der Waals surface area contributed by atoms with E-state index < -0.39 is 10.0 Å². The van der Waals surface area contributed by atoms with Crippen LogP contribution in [0.5, 0.6) is 5.75 Å². The SMILES string of the molecule is COc1cccc2sc(=NC(=O)C3CCN(S(=O)(=O)c4ccccc4SC)CC3)n(C)c12. The van der Waals surface area contributed by atoms with Crippen molar-refractivity contribution in [1.29, 1.82) is 0 Å². The van der Waals surface area contributed by atoms with Crippen molar-refractivity contribution in [3.05, 3.63) is 47.3 Å². The first-order chi connectivity index (χ1) is 15.4. The van der Waals surface area contributed by atoms with Gasteiger partial charge in [0, 0.05) is 31.0 Å². The van der Waals surface area contributed by atoms with Crippen molar-refractivity contribution >= 4 is 49.2 Å². The summed E-state index contributed by atoms with van der Waals surface area (Å²) in [5.74, 6) is 0.247. The smallest absolute Gasteiger partial charge is 0.251 e. The third-order valence-electron chi connectivity index (χ3n) is 5.70. The number of carbonyl (C=O) groups excluding carboxylic acids is 1. The van der Waals surface area contributed by atoms with E-state index in [2.05, 4.69) is 4.99 Å². The highest BCUT2D eigenvalue weighted by molar-refractivity contribution is 7.99. The lowest BCUT2D eigenvalue weighted by Crippen LogP contribution is -2.40. The molecule has 1 amide bonds. The van der Waals surface area contributed by atoms with Crippen molar-refractivity contribution in [2.45, 2.75) is 22.6 Å². The molecule has 0 spiro atoms. The lowest BCUT2D eigenvalue weighted by atomic mass is 9.98. The number of aryl methyl sites for hydroxylation is 1. The number of para-hydroxylation sites is 1. The van der Waals surface area contributed by atoms with Crippen LogP contribution in [0, 0.1) is 5.92 Å². The maximum atomic E-state index is 13.1. The van der Waals surface area contributed by atoms with E-state index in [0.717, 1.165) is 20.9 Å². The monoisotopic (exact) mass is 491 g/mol. The van der Waals surface area contributed by atoms with Crippen molar-refractivity contribution in [2.24, 2.45) is 18.0 Å². The van der Waals surface area contributed by atoms with Crippen LogP contribution in [0.4, 0.5) is 0 Å². The third kappa shape index (κ3) is 4.24. The minimum absolute atomic E-state index is 0.201. The largest absolute Gasteiger partial charge is 0.495 e. The van der Waals surface area contributed by atoms with Crippen LogP contribution in [0.25, 0.3) is 10.2 Å². The van der Waals surface area contributed by atoms with Gasteiger partial charge in [0.05, 0.1) is 16.7 Å². The fourth-order valence-corrected chi connectivity index (χ4v) is 7.57. The Labute approximate surface area is 195 Å². The normalized spacial score (nSPS) is 16.5. The van der Waals surface area contributed by atoms with Gasteiger partial charge in [0.1, 0.15) is 11.3 Å². The van der Waals surface area contributed by atoms with Crippen LogP contribution >= 0.6 is 23.1 Å². The Balaban J connectivity index is 1.52. The second-order valence-corrected chi connectivity index (χ2v) is 11.3. The molecule has 1 fully saturated rings. The number of hydrogen-bond acceptors (Lipinski definition) is 6. The van der Waals surface area contributed by atoms with Gasteiger partial charge in [-0.3, -0.25) is 4.79 Å². The first kappa shape index (κ1) is 23.0. The zero-order chi connectivity index (χ0) is 22.9. The first-order valence-electron chi connectivity index (χ1n) is 10.2. The molecule has 2 heterocycles. The molecule has 0 atom stereocenters. The molecule has 1 aliphatic rings. The van der Waals surface area contributed by atoms with Gasteiger partial charge in [-0.05, 0) is 43.4 Å². The fraction of sp³-hybridized carbons (Fsp3) is 0.364. The summed E-state index contributed by atoms with van der Waals surface area (Å²) in [7, 11) is -0.104. The van der Waals surface area contributed by atoms with Crippen LogP contribution < -0.4 is 9.54 Å². The molecule has 0 aliphatic carbocycles. The molecule has 7 nitrogen and oxygen atoms in total. The Kier molecular flexibility index (Phi) is 6.75. The Morgan fingerprint density at radius 3 is 2.56 bits per heavy atom. The Hall–Kier alpha value is -2.14. The quantitative estimate of drug-likeness (QED) is 0.511. The van der Waals surface area contributed by atoms with E-state index >= 15 is 0 Å². The summed E-state index contributed by atoms with van der Waals surface area (Å²) in [5, 5.41) is 0. The van der Waals surface area contributed by atoms with E-state index in [1.165, 1.54) is 27.4 Å². The van der Waals surface area contributed by atoms with Gasteiger partial charge in [0.15, 0.2) is 4.80 Å². The number of thiazole rings is 1. The van der Waals surface area contributed by atoms with E-state index in [9.17, 15) is 13.2 Å². The van der Waals surface area contributed by atoms with Crippen LogP contribution in [0.15, 0.2) is 57.2 Å². The Bertz CT molecular complexity index is 1320. The molecule has 0 unspecified atom stereocenters. The molecule has 1 aliphatic heterocycles. The van der Waals surface area contributed by atoms with Gasteiger partial charge >= 0.3 is 0 Å². The van der Waals surface area contributed by atoms with Gasteiger partial charge in [0.25, 0.3) is 5.91 Å². The number of carbonyl (C=O) groups is 1. The standard InChI is InChI=1S/C22H25N3O4S3/c1-24-20-16(29-2)7-6-9-18(20)31-22(24)23-21(26)15-11-13-25(14-12-15)32(27,28)19-10-5-4-8-17(19)30-3/h4-10,15H,11-14H2,1-3H3. The number of aromatic nitrogens is 1. The number of methoxy groups -OCH3 is 1. The van der Waals surface area contributed by atoms with Gasteiger partial charge in [0.2, 0.25) is 10.0 Å². The molecule has 0 N–H and O–H groups in total. The van der Waals surface area contributed by atoms with E-state index in [1.807, 2.05) is 48.2 Å². The number of ether oxygens (including phenoxy) is 1. The minimum atomic E-state index is -3.59. The average molecular weight is 492 g/mol. The predicted octanol–water partition coefficient (Wildman–Crippen LogP) is 3.50. The van der Waals surface area contributed by atoms with Crippen molar-refractivity contribution in [1.82, 2.24) is 8.87 Å². The fourth-order valence-electron chi connectivity index (χ4n) is 3.94. The zero-order valence-corrected chi connectivity index (χ0v) is 20.6. The van der Waals surface area contributed by atoms with Crippen molar-refractivity contribution < 1.29 is 17.9 Å². The molecular formula is C22H25N3O4S3. The molecule has 10 heteroatoms. The summed E-state index contributed by atoms with van der Waals surface area (Å²) >= 11 is 2.85. The lowest BCUT2D eigenvalue weighted by Gasteiger charge is -2.30. The van der Waals surface area contributed by atoms with E-state index in [4.69, 9.17) is 4.74 Å². The zero-order valence-electron chi connectivity index (χ0n) is 18.1. The first-order valence-corrected chi connectivity index (χ1v) is 13.7. The third-order valence-corrected chi connectivity index (χ3v) is 9.68. The second kappa shape index (κ2) is 9.38. The lowest BCUT2D eigenvalue weighted by molar-refractivity contribution is -0.122. The summed E-state index contributed by atoms with van der Waals surface area (Å²) in [6, 6.07) is 12.8. The number of amides is 1. The molecule has 1 aromatic heterocycles. The summed E-state index contributed by atoms with van der Waals surface area (Å²) in [6.07, 6.45) is 2.78. The molecule has 0 bridgehead atoms. The molecular weight excluding hydrogens is 466 g/mol. The number of fused-ring (bicyclic) bond motifs is 1. The molecule has 32 heavy (non-hydrogen) atoms. The average Bonchev–Trinajstić information content (AvgIpc) is 3.14. The van der Waals surface area contributed by atoms with Crippen molar-refractivity contribution in [3.63, 3.8) is 0 Å². The predicted molar refractivity (Wildman–Crippen MR) is 128 cm³/mol. The summed E-state index contributed by atoms with van der Waals surface area (Å²) in [5.41, 5.74) is 0.903. The molecule has 170 valence electrons. The van der Waals surface area contributed by atoms with Gasteiger partial charge in [-0.2, -0.15) is 9.30 Å². The molecule has 0 saturated carbocycles. The molecule has 0 radical (unpaired) electrons. The molecule has 4 rings (SSSR count). The highest BCUT2D eigenvalue weighted by Gasteiger charge is 2.33. The minimum Gasteiger partial charge on any atom is -0.495 e. The molecule has 1 saturated heterocycles. The number of piperidine rings is 1. The van der Waals surface area contributed by atoms with Crippen LogP contribution in [-0.4, -0.2) is 49.7 Å². The topological polar surface area (TPSA) is 81.0 Å². The molecule has 3 aromatic rings. The number of sulfonamides is 1. The second-order valence-electron chi connectivity index (χ2n) is 7.53. The summed E-state index contributed by atoms with van der Waals surface area (Å²) in [6.45, 7) is 0.618. The Morgan fingerprint density at radius 2 is 1.88 bits per heavy atom. The summed E-state index contributed by atoms with van der Waals surface area (Å²) < 4.78 is 36.0. The van der Waals surface area contributed by atoms with Crippen LogP contribution in [0.2, 0.25) is 0 Å². The number of benzene rings is 2. The van der Waals surface area contributed by atoms with E-state index in [-0.39, 0.29) is 11.8 Å². The van der Waals surface area contributed by atoms with Crippen LogP contribution in [0.3, 0.4) is 0 Å². The highest BCUT2D eigenvalue weighted by atomic mass is 32.2. The Morgan fingerprint density at radius 1 is 1.16 bits per heavy atom. The number of nitrogens with zero attached hydrogens (tertiary/aromatic N) is 3. The maximum Gasteiger partial charge on any atom is 0.251 e. The van der Waals surface area contributed by atoms with Crippen molar-refractivity contribution in [3.8, 4) is 5.75 Å². The highest BCUT2D eigenvalue weighted by Crippen LogP contribution is 2.30. The van der Waals surface area contributed by atoms with Gasteiger partial charge in [-0.1, -0.05) is 29.5 Å². The molecule has 2 aromatic carbocycles. The van der Waals surface area contributed by atoms with Gasteiger partial charge < -0.3 is 9.30 Å². The number of rotatable bonds is 5. The maximum absolute atomic E-state index is 13.1. The van der Waals surface area contributed by atoms with Gasteiger partial charge in [-0.15, -0.1) is 11.8 Å².